The zero-order chi connectivity index (χ0) is 13.5. The topological polar surface area (TPSA) is 58.6 Å². The lowest BCUT2D eigenvalue weighted by molar-refractivity contribution is -0.122. The number of nitrogens with one attached hydrogen (secondary N) is 1. The third-order valence-corrected chi connectivity index (χ3v) is 2.17. The van der Waals surface area contributed by atoms with Crippen molar-refractivity contribution in [1.29, 1.82) is 0 Å². The summed E-state index contributed by atoms with van der Waals surface area (Å²) in [5, 5.41) is 11.9. The standard InChI is InChI=1S/C13H14FNO3/c1-3-6-15-13(17)8-18-12-5-4-10(14)7-11(12)9(2)16/h1,4-5,7,9,16H,6,8H2,2H3,(H,15,17)/t9-/m1/s1. The fraction of sp³-hybridized carbons (Fsp3) is 0.308. The second-order valence-electron chi connectivity index (χ2n) is 3.63. The highest BCUT2D eigenvalue weighted by Crippen LogP contribution is 2.25. The van der Waals surface area contributed by atoms with Crippen LogP contribution in [0, 0.1) is 18.2 Å². The number of carbonyl (C=O) groups excluding carboxylic acids is 1. The molecule has 5 heteroatoms. The zero-order valence-corrected chi connectivity index (χ0v) is 9.94. The first-order chi connectivity index (χ1) is 8.54. The van der Waals surface area contributed by atoms with E-state index in [4.69, 9.17) is 11.2 Å². The molecule has 1 rings (SSSR count). The number of benzene rings is 1. The Labute approximate surface area is 105 Å². The second kappa shape index (κ2) is 6.62. The lowest BCUT2D eigenvalue weighted by atomic mass is 10.1. The molecule has 96 valence electrons. The van der Waals surface area contributed by atoms with E-state index >= 15 is 0 Å². The third kappa shape index (κ3) is 4.07. The molecule has 0 unspecified atom stereocenters. The first-order valence-corrected chi connectivity index (χ1v) is 5.35. The van der Waals surface area contributed by atoms with Crippen molar-refractivity contribution in [3.05, 3.63) is 29.6 Å². The maximum atomic E-state index is 13.0. The molecule has 0 saturated carbocycles. The Morgan fingerprint density at radius 3 is 3.00 bits per heavy atom. The van der Waals surface area contributed by atoms with Crippen LogP contribution in [0.2, 0.25) is 0 Å². The fourth-order valence-electron chi connectivity index (χ4n) is 1.32. The summed E-state index contributed by atoms with van der Waals surface area (Å²) in [6.45, 7) is 1.36. The number of ether oxygens (including phenoxy) is 1. The minimum absolute atomic E-state index is 0.120. The number of carbonyl (C=O) groups is 1. The van der Waals surface area contributed by atoms with Crippen molar-refractivity contribution in [3.63, 3.8) is 0 Å². The van der Waals surface area contributed by atoms with E-state index in [1.165, 1.54) is 25.1 Å². The zero-order valence-electron chi connectivity index (χ0n) is 9.94. The van der Waals surface area contributed by atoms with Crippen LogP contribution < -0.4 is 10.1 Å². The summed E-state index contributed by atoms with van der Waals surface area (Å²) in [6.07, 6.45) is 4.10. The largest absolute Gasteiger partial charge is 0.483 e. The number of hydrogen-bond acceptors (Lipinski definition) is 3. The van der Waals surface area contributed by atoms with Gasteiger partial charge in [0.25, 0.3) is 5.91 Å². The van der Waals surface area contributed by atoms with Gasteiger partial charge in [0.05, 0.1) is 12.6 Å². The molecule has 2 N–H and O–H groups in total. The van der Waals surface area contributed by atoms with Gasteiger partial charge in [0.1, 0.15) is 11.6 Å². The van der Waals surface area contributed by atoms with E-state index in [9.17, 15) is 14.3 Å². The Hall–Kier alpha value is -2.06. The summed E-state index contributed by atoms with van der Waals surface area (Å²) in [7, 11) is 0. The molecule has 0 aliphatic carbocycles. The minimum atomic E-state index is -0.885. The number of terminal acetylenes is 1. The number of halogens is 1. The van der Waals surface area contributed by atoms with E-state index in [1.54, 1.807) is 0 Å². The highest BCUT2D eigenvalue weighted by atomic mass is 19.1. The average Bonchev–Trinajstić information content (AvgIpc) is 2.34. The van der Waals surface area contributed by atoms with E-state index < -0.39 is 11.9 Å². The molecule has 4 nitrogen and oxygen atoms in total. The SMILES string of the molecule is C#CCNC(=O)COc1ccc(F)cc1[C@@H](C)O. The second-order valence-corrected chi connectivity index (χ2v) is 3.63. The van der Waals surface area contributed by atoms with Crippen LogP contribution in [0.1, 0.15) is 18.6 Å². The number of rotatable bonds is 5. The van der Waals surface area contributed by atoms with Crippen LogP contribution in [0.25, 0.3) is 0 Å². The maximum Gasteiger partial charge on any atom is 0.258 e. The van der Waals surface area contributed by atoms with Crippen LogP contribution in [0.3, 0.4) is 0 Å². The summed E-state index contributed by atoms with van der Waals surface area (Å²) >= 11 is 0. The predicted octanol–water partition coefficient (Wildman–Crippen LogP) is 1.01. The molecule has 0 spiro atoms. The molecule has 1 atom stereocenters. The molecule has 0 fully saturated rings. The van der Waals surface area contributed by atoms with Crippen molar-refractivity contribution < 1.29 is 19.0 Å². The fourth-order valence-corrected chi connectivity index (χ4v) is 1.32. The Morgan fingerprint density at radius 1 is 1.67 bits per heavy atom. The highest BCUT2D eigenvalue weighted by Gasteiger charge is 2.11. The van der Waals surface area contributed by atoms with Gasteiger partial charge in [0.2, 0.25) is 0 Å². The monoisotopic (exact) mass is 251 g/mol. The molecule has 0 aliphatic rings. The van der Waals surface area contributed by atoms with Gasteiger partial charge < -0.3 is 15.2 Å². The van der Waals surface area contributed by atoms with Gasteiger partial charge in [0, 0.05) is 5.56 Å². The van der Waals surface area contributed by atoms with Crippen LogP contribution >= 0.6 is 0 Å². The van der Waals surface area contributed by atoms with Gasteiger partial charge in [-0.2, -0.15) is 0 Å². The van der Waals surface area contributed by atoms with Gasteiger partial charge in [0.15, 0.2) is 6.61 Å². The molecule has 0 aliphatic heterocycles. The molecule has 18 heavy (non-hydrogen) atoms. The van der Waals surface area contributed by atoms with Crippen molar-refractivity contribution >= 4 is 5.91 Å². The van der Waals surface area contributed by atoms with Gasteiger partial charge >= 0.3 is 0 Å². The smallest absolute Gasteiger partial charge is 0.258 e. The van der Waals surface area contributed by atoms with Gasteiger partial charge in [-0.25, -0.2) is 4.39 Å². The summed E-state index contributed by atoms with van der Waals surface area (Å²) < 4.78 is 18.2. The molecule has 0 saturated heterocycles. The Morgan fingerprint density at radius 2 is 2.39 bits per heavy atom. The molecule has 0 bridgehead atoms. The summed E-state index contributed by atoms with van der Waals surface area (Å²) in [5.74, 6) is 1.67. The molecule has 0 radical (unpaired) electrons. The van der Waals surface area contributed by atoms with Gasteiger partial charge in [-0.1, -0.05) is 5.92 Å². The van der Waals surface area contributed by atoms with Crippen LogP contribution in [0.15, 0.2) is 18.2 Å². The van der Waals surface area contributed by atoms with Crippen molar-refractivity contribution in [2.75, 3.05) is 13.2 Å². The third-order valence-electron chi connectivity index (χ3n) is 2.17. The number of aliphatic hydroxyl groups excluding tert-OH is 1. The number of amides is 1. The number of aliphatic hydroxyl groups is 1. The van der Waals surface area contributed by atoms with Gasteiger partial charge in [-0.05, 0) is 25.1 Å². The van der Waals surface area contributed by atoms with Crippen LogP contribution in [-0.2, 0) is 4.79 Å². The molecule has 1 amide bonds. The van der Waals surface area contributed by atoms with E-state index in [-0.39, 0.29) is 24.8 Å². The van der Waals surface area contributed by atoms with Crippen LogP contribution in [-0.4, -0.2) is 24.2 Å². The molecular weight excluding hydrogens is 237 g/mol. The average molecular weight is 251 g/mol. The number of hydrogen-bond donors (Lipinski definition) is 2. The summed E-state index contributed by atoms with van der Waals surface area (Å²) in [6, 6.07) is 3.73. The normalized spacial score (nSPS) is 11.4. The molecule has 0 aromatic heterocycles. The van der Waals surface area contributed by atoms with E-state index in [0.29, 0.717) is 5.56 Å². The Bertz CT molecular complexity index is 466. The van der Waals surface area contributed by atoms with Crippen molar-refractivity contribution in [2.24, 2.45) is 0 Å². The van der Waals surface area contributed by atoms with E-state index in [2.05, 4.69) is 11.2 Å². The van der Waals surface area contributed by atoms with Crippen molar-refractivity contribution in [3.8, 4) is 18.1 Å². The van der Waals surface area contributed by atoms with Crippen LogP contribution in [0.5, 0.6) is 5.75 Å². The molecule has 1 aromatic carbocycles. The van der Waals surface area contributed by atoms with Crippen molar-refractivity contribution in [1.82, 2.24) is 5.32 Å². The quantitative estimate of drug-likeness (QED) is 0.768. The van der Waals surface area contributed by atoms with Crippen molar-refractivity contribution in [2.45, 2.75) is 13.0 Å². The minimum Gasteiger partial charge on any atom is -0.483 e. The maximum absolute atomic E-state index is 13.0. The Kier molecular flexibility index (Phi) is 5.15. The Balaban J connectivity index is 2.67. The van der Waals surface area contributed by atoms with E-state index in [0.717, 1.165) is 0 Å². The first kappa shape index (κ1) is 14.0. The van der Waals surface area contributed by atoms with Crippen LogP contribution in [0.4, 0.5) is 4.39 Å². The first-order valence-electron chi connectivity index (χ1n) is 5.35. The summed E-state index contributed by atoms with van der Waals surface area (Å²) in [5.41, 5.74) is 0.291. The van der Waals surface area contributed by atoms with E-state index in [1.807, 2.05) is 0 Å². The predicted molar refractivity (Wildman–Crippen MR) is 64.4 cm³/mol. The lowest BCUT2D eigenvalue weighted by Crippen LogP contribution is -2.29. The lowest BCUT2D eigenvalue weighted by Gasteiger charge is -2.13. The molecular formula is C13H14FNO3. The highest BCUT2D eigenvalue weighted by molar-refractivity contribution is 5.77. The molecule has 0 heterocycles. The molecule has 1 aromatic rings. The van der Waals surface area contributed by atoms with Gasteiger partial charge in [-0.3, -0.25) is 4.79 Å². The van der Waals surface area contributed by atoms with Gasteiger partial charge in [-0.15, -0.1) is 6.42 Å². The summed E-state index contributed by atoms with van der Waals surface area (Å²) in [4.78, 5) is 11.3.